The molecule has 0 aliphatic heterocycles. The first-order valence-electron chi connectivity index (χ1n) is 7.32. The van der Waals surface area contributed by atoms with E-state index in [9.17, 15) is 9.18 Å². The van der Waals surface area contributed by atoms with Gasteiger partial charge in [0.15, 0.2) is 0 Å². The van der Waals surface area contributed by atoms with E-state index in [2.05, 4.69) is 22.2 Å². The Morgan fingerprint density at radius 1 is 1.39 bits per heavy atom. The van der Waals surface area contributed by atoms with Gasteiger partial charge in [0.25, 0.3) is 5.91 Å². The molecular weight excluding hydrogens is 319 g/mol. The molecular formula is C16H18ClFN4O. The first-order valence-corrected chi connectivity index (χ1v) is 7.69. The van der Waals surface area contributed by atoms with Gasteiger partial charge in [0.2, 0.25) is 5.95 Å². The lowest BCUT2D eigenvalue weighted by atomic mass is 10.3. The molecule has 5 nitrogen and oxygen atoms in total. The van der Waals surface area contributed by atoms with Gasteiger partial charge in [0.05, 0.1) is 5.02 Å². The van der Waals surface area contributed by atoms with E-state index < -0.39 is 11.7 Å². The summed E-state index contributed by atoms with van der Waals surface area (Å²) in [7, 11) is 1.88. The molecule has 0 unspecified atom stereocenters. The Morgan fingerprint density at radius 3 is 2.87 bits per heavy atom. The van der Waals surface area contributed by atoms with Crippen molar-refractivity contribution in [3.63, 3.8) is 0 Å². The zero-order valence-corrected chi connectivity index (χ0v) is 13.8. The van der Waals surface area contributed by atoms with Crippen molar-refractivity contribution < 1.29 is 9.18 Å². The van der Waals surface area contributed by atoms with E-state index in [0.29, 0.717) is 11.6 Å². The van der Waals surface area contributed by atoms with Crippen molar-refractivity contribution in [1.82, 2.24) is 9.97 Å². The van der Waals surface area contributed by atoms with Crippen molar-refractivity contribution in [2.24, 2.45) is 0 Å². The summed E-state index contributed by atoms with van der Waals surface area (Å²) in [6.07, 6.45) is 3.62. The lowest BCUT2D eigenvalue weighted by molar-refractivity contribution is 0.102. The fraction of sp³-hybridized carbons (Fsp3) is 0.312. The standard InChI is InChI=1S/C16H18ClFN4O/c1-3-4-9-22(2)16-19-8-7-14(21-16)15(23)20-11-5-6-13(18)12(17)10-11/h5-8,10H,3-4,9H2,1-2H3,(H,20,23). The van der Waals surface area contributed by atoms with Crippen molar-refractivity contribution >= 4 is 29.1 Å². The molecule has 0 aliphatic carbocycles. The predicted molar refractivity (Wildman–Crippen MR) is 89.6 cm³/mol. The summed E-state index contributed by atoms with van der Waals surface area (Å²) in [6.45, 7) is 2.92. The third-order valence-electron chi connectivity index (χ3n) is 3.24. The summed E-state index contributed by atoms with van der Waals surface area (Å²) >= 11 is 5.70. The second kappa shape index (κ2) is 7.87. The second-order valence-electron chi connectivity index (χ2n) is 5.10. The number of rotatable bonds is 6. The zero-order chi connectivity index (χ0) is 16.8. The van der Waals surface area contributed by atoms with Gasteiger partial charge < -0.3 is 10.2 Å². The van der Waals surface area contributed by atoms with Crippen LogP contribution in [0.5, 0.6) is 0 Å². The van der Waals surface area contributed by atoms with Crippen molar-refractivity contribution in [3.8, 4) is 0 Å². The van der Waals surface area contributed by atoms with Crippen LogP contribution in [-0.2, 0) is 0 Å². The molecule has 0 atom stereocenters. The van der Waals surface area contributed by atoms with Crippen LogP contribution in [0, 0.1) is 5.82 Å². The average Bonchev–Trinajstić information content (AvgIpc) is 2.56. The van der Waals surface area contributed by atoms with E-state index in [4.69, 9.17) is 11.6 Å². The van der Waals surface area contributed by atoms with Crippen LogP contribution in [0.3, 0.4) is 0 Å². The van der Waals surface area contributed by atoms with Gasteiger partial charge in [-0.05, 0) is 30.7 Å². The molecule has 0 bridgehead atoms. The summed E-state index contributed by atoms with van der Waals surface area (Å²) in [6, 6.07) is 5.51. The highest BCUT2D eigenvalue weighted by atomic mass is 35.5. The third kappa shape index (κ3) is 4.63. The topological polar surface area (TPSA) is 58.1 Å². The SMILES string of the molecule is CCCCN(C)c1nccc(C(=O)Nc2ccc(F)c(Cl)c2)n1. The molecule has 2 rings (SSSR count). The third-order valence-corrected chi connectivity index (χ3v) is 3.53. The first-order chi connectivity index (χ1) is 11.0. The highest BCUT2D eigenvalue weighted by molar-refractivity contribution is 6.31. The van der Waals surface area contributed by atoms with Gasteiger partial charge in [0, 0.05) is 25.5 Å². The molecule has 23 heavy (non-hydrogen) atoms. The normalized spacial score (nSPS) is 10.4. The first kappa shape index (κ1) is 17.1. The van der Waals surface area contributed by atoms with Crippen LogP contribution in [0.4, 0.5) is 16.0 Å². The summed E-state index contributed by atoms with van der Waals surface area (Å²) < 4.78 is 13.1. The number of benzene rings is 1. The van der Waals surface area contributed by atoms with Crippen LogP contribution in [0.2, 0.25) is 5.02 Å². The second-order valence-corrected chi connectivity index (χ2v) is 5.51. The number of amides is 1. The number of carbonyl (C=O) groups is 1. The Morgan fingerprint density at radius 2 is 2.17 bits per heavy atom. The maximum Gasteiger partial charge on any atom is 0.274 e. The fourth-order valence-electron chi connectivity index (χ4n) is 1.92. The van der Waals surface area contributed by atoms with E-state index >= 15 is 0 Å². The minimum atomic E-state index is -0.536. The van der Waals surface area contributed by atoms with Crippen LogP contribution >= 0.6 is 11.6 Å². The largest absolute Gasteiger partial charge is 0.344 e. The molecule has 1 N–H and O–H groups in total. The number of hydrogen-bond donors (Lipinski definition) is 1. The van der Waals surface area contributed by atoms with Gasteiger partial charge in [0.1, 0.15) is 11.5 Å². The lowest BCUT2D eigenvalue weighted by Crippen LogP contribution is -2.22. The number of aromatic nitrogens is 2. The number of nitrogens with one attached hydrogen (secondary N) is 1. The van der Waals surface area contributed by atoms with Crippen molar-refractivity contribution in [1.29, 1.82) is 0 Å². The molecule has 0 aliphatic rings. The van der Waals surface area contributed by atoms with E-state index in [1.165, 1.54) is 30.5 Å². The van der Waals surface area contributed by atoms with Gasteiger partial charge in [-0.15, -0.1) is 0 Å². The Bertz CT molecular complexity index is 696. The van der Waals surface area contributed by atoms with E-state index in [-0.39, 0.29) is 10.7 Å². The van der Waals surface area contributed by atoms with E-state index in [1.807, 2.05) is 11.9 Å². The summed E-state index contributed by atoms with van der Waals surface area (Å²) in [5.74, 6) is -0.449. The Kier molecular flexibility index (Phi) is 5.87. The van der Waals surface area contributed by atoms with Crippen LogP contribution in [0.25, 0.3) is 0 Å². The molecule has 0 radical (unpaired) electrons. The van der Waals surface area contributed by atoms with Gasteiger partial charge in [-0.25, -0.2) is 14.4 Å². The molecule has 0 saturated carbocycles. The Hall–Kier alpha value is -2.21. The van der Waals surface area contributed by atoms with Crippen molar-refractivity contribution in [3.05, 3.63) is 47.0 Å². The van der Waals surface area contributed by atoms with Gasteiger partial charge in [-0.1, -0.05) is 24.9 Å². The Balaban J connectivity index is 2.11. The molecule has 122 valence electrons. The van der Waals surface area contributed by atoms with Gasteiger partial charge >= 0.3 is 0 Å². The summed E-state index contributed by atoms with van der Waals surface area (Å²) in [4.78, 5) is 22.6. The van der Waals surface area contributed by atoms with Crippen LogP contribution in [-0.4, -0.2) is 29.5 Å². The molecule has 1 aromatic heterocycles. The maximum absolute atomic E-state index is 13.1. The van der Waals surface area contributed by atoms with Crippen LogP contribution in [0.1, 0.15) is 30.3 Å². The van der Waals surface area contributed by atoms with Gasteiger partial charge in [-0.2, -0.15) is 0 Å². The highest BCUT2D eigenvalue weighted by Crippen LogP contribution is 2.20. The number of carbonyl (C=O) groups excluding carboxylic acids is 1. The van der Waals surface area contributed by atoms with E-state index in [0.717, 1.165) is 19.4 Å². The lowest BCUT2D eigenvalue weighted by Gasteiger charge is -2.16. The summed E-state index contributed by atoms with van der Waals surface area (Å²) in [5.41, 5.74) is 0.639. The van der Waals surface area contributed by atoms with Crippen LogP contribution < -0.4 is 10.2 Å². The minimum absolute atomic E-state index is 0.0505. The van der Waals surface area contributed by atoms with Crippen molar-refractivity contribution in [2.45, 2.75) is 19.8 Å². The molecule has 1 aromatic carbocycles. The molecule has 1 amide bonds. The molecule has 0 spiro atoms. The molecule has 2 aromatic rings. The number of hydrogen-bond acceptors (Lipinski definition) is 4. The van der Waals surface area contributed by atoms with Crippen LogP contribution in [0.15, 0.2) is 30.5 Å². The Labute approximate surface area is 139 Å². The maximum atomic E-state index is 13.1. The number of halogens is 2. The molecule has 7 heteroatoms. The molecule has 0 saturated heterocycles. The van der Waals surface area contributed by atoms with Gasteiger partial charge in [-0.3, -0.25) is 4.79 Å². The fourth-order valence-corrected chi connectivity index (χ4v) is 2.10. The minimum Gasteiger partial charge on any atom is -0.344 e. The highest BCUT2D eigenvalue weighted by Gasteiger charge is 2.12. The molecule has 0 fully saturated rings. The van der Waals surface area contributed by atoms with E-state index in [1.54, 1.807) is 0 Å². The molecule has 1 heterocycles. The smallest absolute Gasteiger partial charge is 0.274 e. The average molecular weight is 337 g/mol. The monoisotopic (exact) mass is 336 g/mol. The zero-order valence-electron chi connectivity index (χ0n) is 13.0. The number of anilines is 2. The van der Waals surface area contributed by atoms with Crippen molar-refractivity contribution in [2.75, 3.05) is 23.8 Å². The quantitative estimate of drug-likeness (QED) is 0.872. The summed E-state index contributed by atoms with van der Waals surface area (Å²) in [5, 5.41) is 2.59. The number of unbranched alkanes of at least 4 members (excludes halogenated alkanes) is 1. The number of nitrogens with zero attached hydrogens (tertiary/aromatic N) is 3. The predicted octanol–water partition coefficient (Wildman–Crippen LogP) is 3.76.